The van der Waals surface area contributed by atoms with Crippen molar-refractivity contribution in [2.45, 2.75) is 13.6 Å². The molecule has 0 aromatic carbocycles. The second-order valence-corrected chi connectivity index (χ2v) is 7.30. The maximum atomic E-state index is 12.4. The number of esters is 1. The van der Waals surface area contributed by atoms with E-state index in [1.54, 1.807) is 40.1 Å². The monoisotopic (exact) mass is 423 g/mol. The topological polar surface area (TPSA) is 91.0 Å². The van der Waals surface area contributed by atoms with Crippen LogP contribution in [0.5, 0.6) is 0 Å². The van der Waals surface area contributed by atoms with Crippen LogP contribution in [0.4, 0.5) is 5.00 Å². The van der Waals surface area contributed by atoms with E-state index >= 15 is 0 Å². The Morgan fingerprint density at radius 2 is 2.20 bits per heavy atom. The predicted octanol–water partition coefficient (Wildman–Crippen LogP) is 2.76. The number of thiophene rings is 1. The molecule has 1 N–H and O–H groups in total. The normalized spacial score (nSPS) is 10.7. The summed E-state index contributed by atoms with van der Waals surface area (Å²) >= 11 is 4.63. The number of halogens is 1. The van der Waals surface area contributed by atoms with E-state index < -0.39 is 11.9 Å². The molecule has 3 rings (SSSR count). The zero-order valence-electron chi connectivity index (χ0n) is 13.4. The Kier molecular flexibility index (Phi) is 5.00. The Hall–Kier alpha value is -2.46. The molecule has 0 aliphatic rings. The fourth-order valence-electron chi connectivity index (χ4n) is 2.16. The van der Waals surface area contributed by atoms with Gasteiger partial charge in [-0.1, -0.05) is 0 Å². The molecular weight excluding hydrogens is 410 g/mol. The Balaban J connectivity index is 1.73. The first kappa shape index (κ1) is 17.4. The minimum absolute atomic E-state index is 0.244. The van der Waals surface area contributed by atoms with Gasteiger partial charge in [-0.05, 0) is 35.0 Å². The third kappa shape index (κ3) is 3.97. The van der Waals surface area contributed by atoms with Crippen molar-refractivity contribution >= 4 is 44.1 Å². The maximum Gasteiger partial charge on any atom is 0.340 e. The van der Waals surface area contributed by atoms with Gasteiger partial charge in [0.05, 0.1) is 23.3 Å². The molecule has 1 amide bonds. The average molecular weight is 424 g/mol. The fraction of sp³-hybridized carbons (Fsp3) is 0.200. The first-order valence-electron chi connectivity index (χ1n) is 7.18. The molecule has 3 aromatic rings. The summed E-state index contributed by atoms with van der Waals surface area (Å²) in [6.07, 6.45) is 5.16. The van der Waals surface area contributed by atoms with Crippen molar-refractivity contribution in [2.24, 2.45) is 0 Å². The second-order valence-electron chi connectivity index (χ2n) is 5.13. The lowest BCUT2D eigenvalue weighted by Crippen LogP contribution is -2.16. The van der Waals surface area contributed by atoms with E-state index in [0.29, 0.717) is 17.2 Å². The van der Waals surface area contributed by atoms with Crippen molar-refractivity contribution in [3.05, 3.63) is 51.3 Å². The molecule has 0 atom stereocenters. The molecule has 3 heterocycles. The molecule has 0 bridgehead atoms. The van der Waals surface area contributed by atoms with Crippen LogP contribution in [0.3, 0.4) is 0 Å². The zero-order chi connectivity index (χ0) is 18.0. The molecular formula is C15H14BrN5O3S. The van der Waals surface area contributed by atoms with Crippen LogP contribution in [-0.4, -0.2) is 38.5 Å². The molecule has 0 saturated carbocycles. The highest BCUT2D eigenvalue weighted by molar-refractivity contribution is 9.10. The number of hydrogen-bond donors (Lipinski definition) is 1. The Labute approximate surface area is 155 Å². The third-order valence-electron chi connectivity index (χ3n) is 3.25. The highest BCUT2D eigenvalue weighted by Gasteiger charge is 2.19. The number of ether oxygens (including phenoxy) is 1. The fourth-order valence-corrected chi connectivity index (χ4v) is 3.38. The van der Waals surface area contributed by atoms with Crippen LogP contribution in [-0.2, 0) is 11.4 Å². The molecule has 0 unspecified atom stereocenters. The summed E-state index contributed by atoms with van der Waals surface area (Å²) in [6, 6.07) is 3.28. The summed E-state index contributed by atoms with van der Waals surface area (Å²) in [6.45, 7) is 2.23. The minimum atomic E-state index is -0.491. The summed E-state index contributed by atoms with van der Waals surface area (Å²) in [5.41, 5.74) is 0.576. The molecule has 130 valence electrons. The van der Waals surface area contributed by atoms with Crippen LogP contribution < -0.4 is 5.32 Å². The number of carbonyl (C=O) groups excluding carboxylic acids is 2. The Morgan fingerprint density at radius 1 is 1.40 bits per heavy atom. The van der Waals surface area contributed by atoms with Crippen LogP contribution in [0.25, 0.3) is 0 Å². The first-order chi connectivity index (χ1) is 12.0. The van der Waals surface area contributed by atoms with Gasteiger partial charge in [0, 0.05) is 17.3 Å². The number of rotatable bonds is 5. The van der Waals surface area contributed by atoms with Gasteiger partial charge in [0.1, 0.15) is 11.7 Å². The minimum Gasteiger partial charge on any atom is -0.465 e. The highest BCUT2D eigenvalue weighted by Crippen LogP contribution is 2.28. The zero-order valence-corrected chi connectivity index (χ0v) is 15.8. The van der Waals surface area contributed by atoms with Gasteiger partial charge >= 0.3 is 5.97 Å². The van der Waals surface area contributed by atoms with Gasteiger partial charge in [-0.2, -0.15) is 10.2 Å². The van der Waals surface area contributed by atoms with E-state index in [1.807, 2.05) is 6.92 Å². The van der Waals surface area contributed by atoms with Gasteiger partial charge < -0.3 is 10.1 Å². The lowest BCUT2D eigenvalue weighted by Gasteiger charge is -2.04. The van der Waals surface area contributed by atoms with Crippen molar-refractivity contribution in [2.75, 3.05) is 12.4 Å². The van der Waals surface area contributed by atoms with E-state index in [9.17, 15) is 9.59 Å². The van der Waals surface area contributed by atoms with Crippen LogP contribution in [0, 0.1) is 6.92 Å². The number of carbonyl (C=O) groups is 2. The molecule has 0 spiro atoms. The van der Waals surface area contributed by atoms with Gasteiger partial charge in [-0.15, -0.1) is 11.3 Å². The Morgan fingerprint density at radius 3 is 2.88 bits per heavy atom. The maximum absolute atomic E-state index is 12.4. The molecule has 0 aliphatic heterocycles. The van der Waals surface area contributed by atoms with Crippen LogP contribution in [0.15, 0.2) is 35.2 Å². The molecule has 8 nitrogen and oxygen atoms in total. The van der Waals surface area contributed by atoms with Crippen LogP contribution in [0.2, 0.25) is 0 Å². The SMILES string of the molecule is COC(=O)c1cc(C)sc1NC(=O)c1ccn(Cn2cc(Br)cn2)n1. The van der Waals surface area contributed by atoms with E-state index in [2.05, 4.69) is 31.4 Å². The van der Waals surface area contributed by atoms with Crippen molar-refractivity contribution < 1.29 is 14.3 Å². The molecule has 0 fully saturated rings. The largest absolute Gasteiger partial charge is 0.465 e. The number of methoxy groups -OCH3 is 1. The second kappa shape index (κ2) is 7.19. The van der Waals surface area contributed by atoms with Crippen molar-refractivity contribution in [1.82, 2.24) is 19.6 Å². The summed E-state index contributed by atoms with van der Waals surface area (Å²) in [5.74, 6) is -0.887. The number of anilines is 1. The number of nitrogens with zero attached hydrogens (tertiary/aromatic N) is 4. The molecule has 10 heteroatoms. The summed E-state index contributed by atoms with van der Waals surface area (Å²) in [4.78, 5) is 25.1. The smallest absolute Gasteiger partial charge is 0.340 e. The van der Waals surface area contributed by atoms with Gasteiger partial charge in [0.25, 0.3) is 5.91 Å². The lowest BCUT2D eigenvalue weighted by molar-refractivity contribution is 0.0602. The van der Waals surface area contributed by atoms with E-state index in [0.717, 1.165) is 9.35 Å². The predicted molar refractivity (Wildman–Crippen MR) is 95.9 cm³/mol. The average Bonchev–Trinajstić information content (AvgIpc) is 3.28. The number of nitrogens with one attached hydrogen (secondary N) is 1. The van der Waals surface area contributed by atoms with Gasteiger partial charge in [-0.3, -0.25) is 9.48 Å². The van der Waals surface area contributed by atoms with Crippen LogP contribution >= 0.6 is 27.3 Å². The van der Waals surface area contributed by atoms with Crippen molar-refractivity contribution in [3.63, 3.8) is 0 Å². The lowest BCUT2D eigenvalue weighted by atomic mass is 10.3. The summed E-state index contributed by atoms with van der Waals surface area (Å²) in [5, 5.41) is 11.5. The molecule has 0 saturated heterocycles. The number of hydrogen-bond acceptors (Lipinski definition) is 6. The quantitative estimate of drug-likeness (QED) is 0.636. The van der Waals surface area contributed by atoms with E-state index in [1.165, 1.54) is 18.4 Å². The van der Waals surface area contributed by atoms with Gasteiger partial charge in [-0.25, -0.2) is 9.48 Å². The standard InChI is InChI=1S/C15H14BrN5O3S/c1-9-5-11(15(23)24-2)14(25-9)18-13(22)12-3-4-20(19-12)8-21-7-10(16)6-17-21/h3-7H,8H2,1-2H3,(H,18,22). The number of amides is 1. The molecule has 25 heavy (non-hydrogen) atoms. The van der Waals surface area contributed by atoms with E-state index in [4.69, 9.17) is 4.74 Å². The third-order valence-corrected chi connectivity index (χ3v) is 4.63. The highest BCUT2D eigenvalue weighted by atomic mass is 79.9. The van der Waals surface area contributed by atoms with Gasteiger partial charge in [0.15, 0.2) is 5.69 Å². The molecule has 0 radical (unpaired) electrons. The Bertz CT molecular complexity index is 929. The number of aryl methyl sites for hydroxylation is 1. The van der Waals surface area contributed by atoms with Gasteiger partial charge in [0.2, 0.25) is 0 Å². The van der Waals surface area contributed by atoms with Crippen LogP contribution in [0.1, 0.15) is 25.7 Å². The number of aromatic nitrogens is 4. The van der Waals surface area contributed by atoms with Crippen molar-refractivity contribution in [3.8, 4) is 0 Å². The summed E-state index contributed by atoms with van der Waals surface area (Å²) < 4.78 is 8.87. The first-order valence-corrected chi connectivity index (χ1v) is 8.78. The van der Waals surface area contributed by atoms with Crippen molar-refractivity contribution in [1.29, 1.82) is 0 Å². The summed E-state index contributed by atoms with van der Waals surface area (Å²) in [7, 11) is 1.30. The molecule has 3 aromatic heterocycles. The molecule has 0 aliphatic carbocycles. The van der Waals surface area contributed by atoms with E-state index in [-0.39, 0.29) is 5.69 Å².